The first-order chi connectivity index (χ1) is 8.78. The van der Waals surface area contributed by atoms with Gasteiger partial charge in [0.05, 0.1) is 7.11 Å². The summed E-state index contributed by atoms with van der Waals surface area (Å²) in [6.07, 6.45) is 0. The average Bonchev–Trinajstić information content (AvgIpc) is 2.35. The molecular formula is C13H19ClN2O3. The molecule has 6 heteroatoms. The molecular weight excluding hydrogens is 268 g/mol. The van der Waals surface area contributed by atoms with Crippen LogP contribution in [0.3, 0.4) is 0 Å². The Labute approximate surface area is 119 Å². The Kier molecular flexibility index (Phi) is 6.45. The molecule has 0 spiro atoms. The fourth-order valence-corrected chi connectivity index (χ4v) is 1.64. The van der Waals surface area contributed by atoms with Crippen molar-refractivity contribution in [3.8, 4) is 11.5 Å². The highest BCUT2D eigenvalue weighted by Gasteiger charge is 2.17. The number of rotatable bonds is 6. The van der Waals surface area contributed by atoms with Crippen LogP contribution >= 0.6 is 12.4 Å². The summed E-state index contributed by atoms with van der Waals surface area (Å²) in [5.74, 6) is 1.82. The quantitative estimate of drug-likeness (QED) is 0.813. The summed E-state index contributed by atoms with van der Waals surface area (Å²) in [5, 5.41) is 6.01. The molecule has 0 unspecified atom stereocenters. The van der Waals surface area contributed by atoms with Gasteiger partial charge < -0.3 is 20.1 Å². The number of ether oxygens (including phenoxy) is 2. The Balaban J connectivity index is 0.00000180. The van der Waals surface area contributed by atoms with Crippen molar-refractivity contribution in [3.05, 3.63) is 24.3 Å². The Morgan fingerprint density at radius 3 is 2.79 bits per heavy atom. The van der Waals surface area contributed by atoms with Crippen LogP contribution in [0.4, 0.5) is 0 Å². The third-order valence-corrected chi connectivity index (χ3v) is 2.87. The Bertz CT molecular complexity index is 411. The van der Waals surface area contributed by atoms with Crippen molar-refractivity contribution < 1.29 is 14.3 Å². The topological polar surface area (TPSA) is 59.6 Å². The molecule has 0 atom stereocenters. The molecule has 0 saturated carbocycles. The third-order valence-electron chi connectivity index (χ3n) is 2.87. The van der Waals surface area contributed by atoms with Crippen LogP contribution in [0.5, 0.6) is 11.5 Å². The van der Waals surface area contributed by atoms with Gasteiger partial charge in [0.2, 0.25) is 0 Å². The summed E-state index contributed by atoms with van der Waals surface area (Å²) in [6.45, 7) is 2.72. The van der Waals surface area contributed by atoms with Gasteiger partial charge in [0, 0.05) is 31.6 Å². The molecule has 1 aliphatic rings. The first kappa shape index (κ1) is 15.6. The second kappa shape index (κ2) is 7.86. The molecule has 0 radical (unpaired) electrons. The first-order valence-corrected chi connectivity index (χ1v) is 6.02. The van der Waals surface area contributed by atoms with Gasteiger partial charge in [-0.25, -0.2) is 0 Å². The molecule has 1 fully saturated rings. The van der Waals surface area contributed by atoms with Crippen LogP contribution in [0.1, 0.15) is 0 Å². The number of carbonyl (C=O) groups is 1. The van der Waals surface area contributed by atoms with Crippen molar-refractivity contribution in [3.63, 3.8) is 0 Å². The molecule has 5 nitrogen and oxygen atoms in total. The predicted molar refractivity (Wildman–Crippen MR) is 75.1 cm³/mol. The van der Waals surface area contributed by atoms with E-state index in [0.717, 1.165) is 13.1 Å². The Morgan fingerprint density at radius 1 is 1.42 bits per heavy atom. The molecule has 0 aliphatic carbocycles. The van der Waals surface area contributed by atoms with E-state index in [-0.39, 0.29) is 24.9 Å². The molecule has 1 aromatic rings. The highest BCUT2D eigenvalue weighted by Crippen LogP contribution is 2.18. The van der Waals surface area contributed by atoms with Crippen LogP contribution in [0.2, 0.25) is 0 Å². The van der Waals surface area contributed by atoms with Gasteiger partial charge in [-0.3, -0.25) is 4.79 Å². The first-order valence-electron chi connectivity index (χ1n) is 6.02. The van der Waals surface area contributed by atoms with Gasteiger partial charge >= 0.3 is 0 Å². The zero-order chi connectivity index (χ0) is 12.8. The minimum absolute atomic E-state index is 0. The average molecular weight is 287 g/mol. The third kappa shape index (κ3) is 4.96. The summed E-state index contributed by atoms with van der Waals surface area (Å²) in [4.78, 5) is 11.5. The standard InChI is InChI=1S/C13H18N2O3.ClH/c1-17-11-3-2-4-12(5-11)18-9-13(16)15-8-10-6-14-7-10;/h2-5,10,14H,6-9H2,1H3,(H,15,16);1H. The minimum Gasteiger partial charge on any atom is -0.497 e. The maximum absolute atomic E-state index is 11.5. The summed E-state index contributed by atoms with van der Waals surface area (Å²) in [6, 6.07) is 7.21. The fraction of sp³-hybridized carbons (Fsp3) is 0.462. The molecule has 2 rings (SSSR count). The van der Waals surface area contributed by atoms with Crippen LogP contribution in [-0.4, -0.2) is 39.3 Å². The maximum Gasteiger partial charge on any atom is 0.257 e. The van der Waals surface area contributed by atoms with Crippen molar-refractivity contribution in [1.82, 2.24) is 10.6 Å². The molecule has 0 aromatic heterocycles. The second-order valence-electron chi connectivity index (χ2n) is 4.30. The van der Waals surface area contributed by atoms with Gasteiger partial charge in [0.25, 0.3) is 5.91 Å². The van der Waals surface area contributed by atoms with Gasteiger partial charge in [-0.05, 0) is 12.1 Å². The van der Waals surface area contributed by atoms with Crippen LogP contribution in [0.25, 0.3) is 0 Å². The highest BCUT2D eigenvalue weighted by atomic mass is 35.5. The number of halogens is 1. The van der Waals surface area contributed by atoms with Crippen molar-refractivity contribution in [2.24, 2.45) is 5.92 Å². The molecule has 106 valence electrons. The number of hydrogen-bond donors (Lipinski definition) is 2. The number of methoxy groups -OCH3 is 1. The van der Waals surface area contributed by atoms with Gasteiger partial charge in [-0.1, -0.05) is 6.07 Å². The van der Waals surface area contributed by atoms with Crippen molar-refractivity contribution in [2.45, 2.75) is 0 Å². The zero-order valence-electron chi connectivity index (χ0n) is 10.8. The van der Waals surface area contributed by atoms with E-state index in [9.17, 15) is 4.79 Å². The number of benzene rings is 1. The zero-order valence-corrected chi connectivity index (χ0v) is 11.7. The Hall–Kier alpha value is -1.46. The van der Waals surface area contributed by atoms with Crippen molar-refractivity contribution in [1.29, 1.82) is 0 Å². The lowest BCUT2D eigenvalue weighted by Gasteiger charge is -2.27. The maximum atomic E-state index is 11.5. The largest absolute Gasteiger partial charge is 0.497 e. The van der Waals surface area contributed by atoms with Crippen LogP contribution in [-0.2, 0) is 4.79 Å². The normalized spacial score (nSPS) is 13.9. The highest BCUT2D eigenvalue weighted by molar-refractivity contribution is 5.85. The Morgan fingerprint density at radius 2 is 2.16 bits per heavy atom. The SMILES string of the molecule is COc1cccc(OCC(=O)NCC2CNC2)c1.Cl. The summed E-state index contributed by atoms with van der Waals surface area (Å²) < 4.78 is 10.5. The summed E-state index contributed by atoms with van der Waals surface area (Å²) >= 11 is 0. The number of nitrogens with one attached hydrogen (secondary N) is 2. The number of amides is 1. The van der Waals surface area contributed by atoms with E-state index in [1.54, 1.807) is 19.2 Å². The fourth-order valence-electron chi connectivity index (χ4n) is 1.64. The molecule has 2 N–H and O–H groups in total. The van der Waals surface area contributed by atoms with E-state index in [1.165, 1.54) is 0 Å². The van der Waals surface area contributed by atoms with Gasteiger partial charge in [0.15, 0.2) is 6.61 Å². The minimum atomic E-state index is -0.0929. The van der Waals surface area contributed by atoms with Crippen LogP contribution in [0, 0.1) is 5.92 Å². The number of carbonyl (C=O) groups excluding carboxylic acids is 1. The van der Waals surface area contributed by atoms with Crippen LogP contribution in [0.15, 0.2) is 24.3 Å². The smallest absolute Gasteiger partial charge is 0.257 e. The summed E-state index contributed by atoms with van der Waals surface area (Å²) in [7, 11) is 1.60. The lowest BCUT2D eigenvalue weighted by molar-refractivity contribution is -0.123. The van der Waals surface area contributed by atoms with E-state index < -0.39 is 0 Å². The molecule has 1 aliphatic heterocycles. The van der Waals surface area contributed by atoms with Crippen LogP contribution < -0.4 is 20.1 Å². The van der Waals surface area contributed by atoms with Crippen molar-refractivity contribution in [2.75, 3.05) is 33.4 Å². The van der Waals surface area contributed by atoms with E-state index in [4.69, 9.17) is 9.47 Å². The molecule has 1 amide bonds. The van der Waals surface area contributed by atoms with Gasteiger partial charge in [-0.2, -0.15) is 0 Å². The second-order valence-corrected chi connectivity index (χ2v) is 4.30. The monoisotopic (exact) mass is 286 g/mol. The number of hydrogen-bond acceptors (Lipinski definition) is 4. The molecule has 0 bridgehead atoms. The lowest BCUT2D eigenvalue weighted by Crippen LogP contribution is -2.48. The van der Waals surface area contributed by atoms with E-state index in [2.05, 4.69) is 10.6 Å². The molecule has 1 heterocycles. The van der Waals surface area contributed by atoms with Gasteiger partial charge in [0.1, 0.15) is 11.5 Å². The van der Waals surface area contributed by atoms with E-state index >= 15 is 0 Å². The van der Waals surface area contributed by atoms with E-state index in [0.29, 0.717) is 24.0 Å². The summed E-state index contributed by atoms with van der Waals surface area (Å²) in [5.41, 5.74) is 0. The lowest BCUT2D eigenvalue weighted by atomic mass is 10.0. The molecule has 19 heavy (non-hydrogen) atoms. The predicted octanol–water partition coefficient (Wildman–Crippen LogP) is 0.831. The molecule has 1 aromatic carbocycles. The molecule has 1 saturated heterocycles. The van der Waals surface area contributed by atoms with Crippen molar-refractivity contribution >= 4 is 18.3 Å². The van der Waals surface area contributed by atoms with Gasteiger partial charge in [-0.15, -0.1) is 12.4 Å². The van der Waals surface area contributed by atoms with E-state index in [1.807, 2.05) is 12.1 Å².